The zero-order valence-corrected chi connectivity index (χ0v) is 11.6. The molecule has 18 heavy (non-hydrogen) atoms. The zero-order chi connectivity index (χ0) is 13.3. The Morgan fingerprint density at radius 3 is 2.67 bits per heavy atom. The first-order valence-electron chi connectivity index (χ1n) is 6.48. The molecule has 2 unspecified atom stereocenters. The minimum absolute atomic E-state index is 0.112. The second kappa shape index (κ2) is 5.01. The highest BCUT2D eigenvalue weighted by Gasteiger charge is 2.30. The van der Waals surface area contributed by atoms with Crippen LogP contribution >= 0.6 is 0 Å². The van der Waals surface area contributed by atoms with E-state index in [1.165, 1.54) is 5.69 Å². The molecule has 0 aromatic heterocycles. The van der Waals surface area contributed by atoms with Crippen molar-refractivity contribution in [3.8, 4) is 5.75 Å². The summed E-state index contributed by atoms with van der Waals surface area (Å²) in [7, 11) is 1.69. The number of Topliss-reactive ketones (excluding diaryl/α,β-unsaturated/α-hetero) is 1. The fourth-order valence-corrected chi connectivity index (χ4v) is 2.61. The Morgan fingerprint density at radius 1 is 1.33 bits per heavy atom. The second-order valence-corrected chi connectivity index (χ2v) is 5.09. The Balaban J connectivity index is 2.26. The van der Waals surface area contributed by atoms with Crippen molar-refractivity contribution in [2.75, 3.05) is 18.6 Å². The molecular formula is C15H21NO2. The molecule has 3 nitrogen and oxygen atoms in total. The molecule has 0 N–H and O–H groups in total. The predicted octanol–water partition coefficient (Wildman–Crippen LogP) is 2.81. The molecule has 1 aromatic carbocycles. The molecule has 1 aromatic rings. The van der Waals surface area contributed by atoms with Crippen LogP contribution in [0.3, 0.4) is 0 Å². The SMILES string of the molecule is COc1ccc(N2CCC(=O)C(C)C2C)cc1C. The van der Waals surface area contributed by atoms with Crippen molar-refractivity contribution >= 4 is 11.5 Å². The van der Waals surface area contributed by atoms with Gasteiger partial charge in [-0.15, -0.1) is 0 Å². The predicted molar refractivity (Wildman–Crippen MR) is 73.3 cm³/mol. The molecule has 2 rings (SSSR count). The minimum atomic E-state index is 0.112. The van der Waals surface area contributed by atoms with Crippen molar-refractivity contribution in [1.82, 2.24) is 0 Å². The number of ketones is 1. The van der Waals surface area contributed by atoms with Crippen LogP contribution in [0.4, 0.5) is 5.69 Å². The highest BCUT2D eigenvalue weighted by atomic mass is 16.5. The third-order valence-electron chi connectivity index (χ3n) is 4.03. The standard InChI is InChI=1S/C15H21NO2/c1-10-9-13(5-6-15(10)18-4)16-8-7-14(17)11(2)12(16)3/h5-6,9,11-12H,7-8H2,1-4H3. The van der Waals surface area contributed by atoms with Gasteiger partial charge in [0.1, 0.15) is 11.5 Å². The maximum Gasteiger partial charge on any atom is 0.139 e. The van der Waals surface area contributed by atoms with Crippen molar-refractivity contribution in [3.05, 3.63) is 23.8 Å². The van der Waals surface area contributed by atoms with Gasteiger partial charge in [0.05, 0.1) is 7.11 Å². The number of benzene rings is 1. The zero-order valence-electron chi connectivity index (χ0n) is 11.6. The molecule has 3 heteroatoms. The molecule has 1 fully saturated rings. The maximum absolute atomic E-state index is 11.7. The Bertz CT molecular complexity index is 456. The molecule has 0 amide bonds. The lowest BCUT2D eigenvalue weighted by atomic mass is 9.90. The summed E-state index contributed by atoms with van der Waals surface area (Å²) >= 11 is 0. The summed E-state index contributed by atoms with van der Waals surface area (Å²) in [6, 6.07) is 6.47. The summed E-state index contributed by atoms with van der Waals surface area (Å²) in [6.45, 7) is 7.01. The summed E-state index contributed by atoms with van der Waals surface area (Å²) in [5.74, 6) is 1.40. The third-order valence-corrected chi connectivity index (χ3v) is 4.03. The Hall–Kier alpha value is -1.51. The van der Waals surface area contributed by atoms with Crippen molar-refractivity contribution < 1.29 is 9.53 Å². The van der Waals surface area contributed by atoms with Gasteiger partial charge in [-0.05, 0) is 37.6 Å². The molecule has 1 heterocycles. The van der Waals surface area contributed by atoms with Gasteiger partial charge in [-0.3, -0.25) is 4.79 Å². The lowest BCUT2D eigenvalue weighted by Crippen LogP contribution is -2.46. The van der Waals surface area contributed by atoms with Crippen molar-refractivity contribution in [1.29, 1.82) is 0 Å². The first kappa shape index (κ1) is 12.9. The van der Waals surface area contributed by atoms with E-state index in [4.69, 9.17) is 4.74 Å². The van der Waals surface area contributed by atoms with Crippen LogP contribution in [0.1, 0.15) is 25.8 Å². The quantitative estimate of drug-likeness (QED) is 0.805. The summed E-state index contributed by atoms with van der Waals surface area (Å²) in [5.41, 5.74) is 2.31. The molecule has 0 spiro atoms. The van der Waals surface area contributed by atoms with Gasteiger partial charge in [-0.1, -0.05) is 6.92 Å². The Labute approximate surface area is 109 Å². The van der Waals surface area contributed by atoms with E-state index in [2.05, 4.69) is 24.0 Å². The number of hydrogen-bond donors (Lipinski definition) is 0. The van der Waals surface area contributed by atoms with Crippen LogP contribution in [-0.2, 0) is 4.79 Å². The van der Waals surface area contributed by atoms with E-state index >= 15 is 0 Å². The molecular weight excluding hydrogens is 226 g/mol. The van der Waals surface area contributed by atoms with E-state index in [0.29, 0.717) is 12.2 Å². The van der Waals surface area contributed by atoms with Gasteiger partial charge in [-0.25, -0.2) is 0 Å². The van der Waals surface area contributed by atoms with Crippen LogP contribution in [0.5, 0.6) is 5.75 Å². The molecule has 0 saturated carbocycles. The molecule has 0 radical (unpaired) electrons. The largest absolute Gasteiger partial charge is 0.496 e. The second-order valence-electron chi connectivity index (χ2n) is 5.09. The van der Waals surface area contributed by atoms with Crippen molar-refractivity contribution in [2.24, 2.45) is 5.92 Å². The van der Waals surface area contributed by atoms with Gasteiger partial charge in [-0.2, -0.15) is 0 Å². The number of carbonyl (C=O) groups is 1. The van der Waals surface area contributed by atoms with Gasteiger partial charge in [0.15, 0.2) is 0 Å². The Kier molecular flexibility index (Phi) is 3.60. The van der Waals surface area contributed by atoms with Crippen LogP contribution in [0.25, 0.3) is 0 Å². The van der Waals surface area contributed by atoms with E-state index in [9.17, 15) is 4.79 Å². The monoisotopic (exact) mass is 247 g/mol. The number of ether oxygens (including phenoxy) is 1. The van der Waals surface area contributed by atoms with Crippen molar-refractivity contribution in [3.63, 3.8) is 0 Å². The summed E-state index contributed by atoms with van der Waals surface area (Å²) in [4.78, 5) is 14.0. The third kappa shape index (κ3) is 2.22. The normalized spacial score (nSPS) is 24.2. The van der Waals surface area contributed by atoms with Crippen LogP contribution in [0.15, 0.2) is 18.2 Å². The average Bonchev–Trinajstić information content (AvgIpc) is 2.36. The number of piperidine rings is 1. The lowest BCUT2D eigenvalue weighted by molar-refractivity contribution is -0.123. The molecule has 1 saturated heterocycles. The smallest absolute Gasteiger partial charge is 0.139 e. The average molecular weight is 247 g/mol. The highest BCUT2D eigenvalue weighted by molar-refractivity contribution is 5.84. The first-order chi connectivity index (χ1) is 8.54. The fraction of sp³-hybridized carbons (Fsp3) is 0.533. The molecule has 98 valence electrons. The van der Waals surface area contributed by atoms with Crippen LogP contribution < -0.4 is 9.64 Å². The molecule has 2 atom stereocenters. The van der Waals surface area contributed by atoms with Gasteiger partial charge in [0.2, 0.25) is 0 Å². The highest BCUT2D eigenvalue weighted by Crippen LogP contribution is 2.30. The van der Waals surface area contributed by atoms with E-state index in [1.807, 2.05) is 19.9 Å². The van der Waals surface area contributed by atoms with E-state index in [-0.39, 0.29) is 12.0 Å². The number of nitrogens with zero attached hydrogens (tertiary/aromatic N) is 1. The lowest BCUT2D eigenvalue weighted by Gasteiger charge is -2.39. The molecule has 1 aliphatic rings. The number of aryl methyl sites for hydroxylation is 1. The van der Waals surface area contributed by atoms with Crippen LogP contribution in [0, 0.1) is 12.8 Å². The van der Waals surface area contributed by atoms with Gasteiger partial charge in [0, 0.05) is 30.6 Å². The van der Waals surface area contributed by atoms with Crippen LogP contribution in [-0.4, -0.2) is 25.5 Å². The Morgan fingerprint density at radius 2 is 2.06 bits per heavy atom. The summed E-state index contributed by atoms with van der Waals surface area (Å²) in [6.07, 6.45) is 0.649. The number of rotatable bonds is 2. The topological polar surface area (TPSA) is 29.5 Å². The van der Waals surface area contributed by atoms with Crippen molar-refractivity contribution in [2.45, 2.75) is 33.2 Å². The fourth-order valence-electron chi connectivity index (χ4n) is 2.61. The van der Waals surface area contributed by atoms with Gasteiger partial charge >= 0.3 is 0 Å². The first-order valence-corrected chi connectivity index (χ1v) is 6.48. The summed E-state index contributed by atoms with van der Waals surface area (Å²) < 4.78 is 5.28. The van der Waals surface area contributed by atoms with Crippen LogP contribution in [0.2, 0.25) is 0 Å². The molecule has 0 aliphatic carbocycles. The molecule has 1 aliphatic heterocycles. The number of anilines is 1. The van der Waals surface area contributed by atoms with E-state index < -0.39 is 0 Å². The summed E-state index contributed by atoms with van der Waals surface area (Å²) in [5, 5.41) is 0. The maximum atomic E-state index is 11.7. The molecule has 0 bridgehead atoms. The van der Waals surface area contributed by atoms with Gasteiger partial charge < -0.3 is 9.64 Å². The minimum Gasteiger partial charge on any atom is -0.496 e. The number of hydrogen-bond acceptors (Lipinski definition) is 3. The van der Waals surface area contributed by atoms with E-state index in [0.717, 1.165) is 17.9 Å². The number of carbonyl (C=O) groups excluding carboxylic acids is 1. The van der Waals surface area contributed by atoms with E-state index in [1.54, 1.807) is 7.11 Å². The van der Waals surface area contributed by atoms with Gasteiger partial charge in [0.25, 0.3) is 0 Å². The number of methoxy groups -OCH3 is 1.